The summed E-state index contributed by atoms with van der Waals surface area (Å²) in [5, 5.41) is 3.06. The van der Waals surface area contributed by atoms with Gasteiger partial charge in [-0.3, -0.25) is 9.69 Å². The Morgan fingerprint density at radius 3 is 2.58 bits per heavy atom. The van der Waals surface area contributed by atoms with Crippen LogP contribution in [0, 0.1) is 0 Å². The fourth-order valence-electron chi connectivity index (χ4n) is 2.66. The summed E-state index contributed by atoms with van der Waals surface area (Å²) in [5.41, 5.74) is 1.53. The standard InChI is InChI=1S/C16H30N2O/c1-3-12-18(13-4-2)14-16(19)17-11-10-15-8-6-5-7-9-15/h8H,3-7,9-14H2,1-2H3,(H,17,19). The monoisotopic (exact) mass is 266 g/mol. The van der Waals surface area contributed by atoms with Crippen molar-refractivity contribution in [1.82, 2.24) is 10.2 Å². The molecule has 0 saturated heterocycles. The lowest BCUT2D eigenvalue weighted by Gasteiger charge is -2.20. The predicted molar refractivity (Wildman–Crippen MR) is 81.2 cm³/mol. The maximum atomic E-state index is 11.9. The lowest BCUT2D eigenvalue weighted by molar-refractivity contribution is -0.122. The van der Waals surface area contributed by atoms with E-state index in [1.165, 1.54) is 31.3 Å². The number of nitrogens with zero attached hydrogens (tertiary/aromatic N) is 1. The van der Waals surface area contributed by atoms with E-state index in [0.29, 0.717) is 6.54 Å². The van der Waals surface area contributed by atoms with E-state index in [-0.39, 0.29) is 5.91 Å². The van der Waals surface area contributed by atoms with Crippen LogP contribution in [0.3, 0.4) is 0 Å². The highest BCUT2D eigenvalue weighted by Gasteiger charge is 2.09. The van der Waals surface area contributed by atoms with Gasteiger partial charge in [0.05, 0.1) is 6.54 Å². The van der Waals surface area contributed by atoms with Crippen molar-refractivity contribution >= 4 is 5.91 Å². The fraction of sp³-hybridized carbons (Fsp3) is 0.812. The molecule has 0 saturated carbocycles. The minimum absolute atomic E-state index is 0.179. The molecule has 3 nitrogen and oxygen atoms in total. The zero-order chi connectivity index (χ0) is 13.9. The SMILES string of the molecule is CCCN(CCC)CC(=O)NCCC1=CCCCC1. The highest BCUT2D eigenvalue weighted by atomic mass is 16.2. The summed E-state index contributed by atoms with van der Waals surface area (Å²) >= 11 is 0. The molecule has 0 unspecified atom stereocenters. The van der Waals surface area contributed by atoms with Crippen LogP contribution in [0.1, 0.15) is 58.8 Å². The van der Waals surface area contributed by atoms with E-state index in [2.05, 4.69) is 30.1 Å². The molecule has 1 N–H and O–H groups in total. The lowest BCUT2D eigenvalue weighted by atomic mass is 9.97. The zero-order valence-electron chi connectivity index (χ0n) is 12.7. The van der Waals surface area contributed by atoms with E-state index in [1.807, 2.05) is 0 Å². The Labute approximate surface area is 118 Å². The van der Waals surface area contributed by atoms with E-state index in [0.717, 1.165) is 38.9 Å². The quantitative estimate of drug-likeness (QED) is 0.650. The molecule has 0 aromatic heterocycles. The normalized spacial score (nSPS) is 15.4. The third-order valence-electron chi connectivity index (χ3n) is 3.60. The Kier molecular flexibility index (Phi) is 8.55. The van der Waals surface area contributed by atoms with Gasteiger partial charge in [0.1, 0.15) is 0 Å². The summed E-state index contributed by atoms with van der Waals surface area (Å²) in [6.45, 7) is 7.72. The van der Waals surface area contributed by atoms with Crippen molar-refractivity contribution in [3.8, 4) is 0 Å². The summed E-state index contributed by atoms with van der Waals surface area (Å²) in [6.07, 6.45) is 10.7. The molecule has 0 fully saturated rings. The van der Waals surface area contributed by atoms with Gasteiger partial charge in [0, 0.05) is 6.54 Å². The molecular formula is C16H30N2O. The van der Waals surface area contributed by atoms with Crippen molar-refractivity contribution in [2.75, 3.05) is 26.2 Å². The Bertz CT molecular complexity index is 280. The Morgan fingerprint density at radius 2 is 2.00 bits per heavy atom. The van der Waals surface area contributed by atoms with Crippen LogP contribution >= 0.6 is 0 Å². The summed E-state index contributed by atoms with van der Waals surface area (Å²) in [4.78, 5) is 14.1. The Balaban J connectivity index is 2.16. The Morgan fingerprint density at radius 1 is 1.26 bits per heavy atom. The number of rotatable bonds is 9. The maximum Gasteiger partial charge on any atom is 0.234 e. The molecule has 0 aliphatic heterocycles. The number of nitrogens with one attached hydrogen (secondary N) is 1. The molecule has 19 heavy (non-hydrogen) atoms. The molecule has 0 aromatic rings. The van der Waals surface area contributed by atoms with Crippen LogP contribution in [0.25, 0.3) is 0 Å². The smallest absolute Gasteiger partial charge is 0.234 e. The van der Waals surface area contributed by atoms with Gasteiger partial charge in [-0.1, -0.05) is 25.5 Å². The van der Waals surface area contributed by atoms with E-state index in [9.17, 15) is 4.79 Å². The number of amides is 1. The molecule has 110 valence electrons. The largest absolute Gasteiger partial charge is 0.355 e. The highest BCUT2D eigenvalue weighted by Crippen LogP contribution is 2.19. The van der Waals surface area contributed by atoms with Crippen LogP contribution in [-0.4, -0.2) is 37.0 Å². The van der Waals surface area contributed by atoms with E-state index >= 15 is 0 Å². The number of hydrogen-bond donors (Lipinski definition) is 1. The predicted octanol–water partition coefficient (Wildman–Crippen LogP) is 3.12. The molecule has 0 bridgehead atoms. The first-order valence-electron chi connectivity index (χ1n) is 7.93. The topological polar surface area (TPSA) is 32.3 Å². The van der Waals surface area contributed by atoms with Gasteiger partial charge < -0.3 is 5.32 Å². The maximum absolute atomic E-state index is 11.9. The van der Waals surface area contributed by atoms with Crippen molar-refractivity contribution < 1.29 is 4.79 Å². The van der Waals surface area contributed by atoms with Crippen molar-refractivity contribution in [2.45, 2.75) is 58.8 Å². The first-order chi connectivity index (χ1) is 9.26. The van der Waals surface area contributed by atoms with Crippen LogP contribution in [0.2, 0.25) is 0 Å². The summed E-state index contributed by atoms with van der Waals surface area (Å²) < 4.78 is 0. The molecule has 0 aromatic carbocycles. The number of carbonyl (C=O) groups is 1. The van der Waals surface area contributed by atoms with Gasteiger partial charge in [-0.25, -0.2) is 0 Å². The van der Waals surface area contributed by atoms with Crippen molar-refractivity contribution in [3.05, 3.63) is 11.6 Å². The van der Waals surface area contributed by atoms with Crippen LogP contribution in [-0.2, 0) is 4.79 Å². The van der Waals surface area contributed by atoms with Crippen LogP contribution in [0.5, 0.6) is 0 Å². The second kappa shape index (κ2) is 10.0. The van der Waals surface area contributed by atoms with Crippen molar-refractivity contribution in [1.29, 1.82) is 0 Å². The summed E-state index contributed by atoms with van der Waals surface area (Å²) in [5.74, 6) is 0.179. The average molecular weight is 266 g/mol. The first kappa shape index (κ1) is 16.2. The molecular weight excluding hydrogens is 236 g/mol. The molecule has 0 atom stereocenters. The summed E-state index contributed by atoms with van der Waals surface area (Å²) in [7, 11) is 0. The number of carbonyl (C=O) groups excluding carboxylic acids is 1. The molecule has 1 rings (SSSR count). The average Bonchev–Trinajstić information content (AvgIpc) is 2.40. The van der Waals surface area contributed by atoms with Crippen LogP contribution < -0.4 is 5.32 Å². The minimum Gasteiger partial charge on any atom is -0.355 e. The van der Waals surface area contributed by atoms with Crippen molar-refractivity contribution in [2.24, 2.45) is 0 Å². The molecule has 1 amide bonds. The third kappa shape index (κ3) is 7.36. The third-order valence-corrected chi connectivity index (χ3v) is 3.60. The first-order valence-corrected chi connectivity index (χ1v) is 7.93. The lowest BCUT2D eigenvalue weighted by Crippen LogP contribution is -2.38. The molecule has 3 heteroatoms. The van der Waals surface area contributed by atoms with Gasteiger partial charge in [-0.15, -0.1) is 0 Å². The highest BCUT2D eigenvalue weighted by molar-refractivity contribution is 5.78. The molecule has 1 aliphatic carbocycles. The van der Waals surface area contributed by atoms with E-state index in [4.69, 9.17) is 0 Å². The fourth-order valence-corrected chi connectivity index (χ4v) is 2.66. The number of hydrogen-bond acceptors (Lipinski definition) is 2. The van der Waals surface area contributed by atoms with Crippen molar-refractivity contribution in [3.63, 3.8) is 0 Å². The van der Waals surface area contributed by atoms with Gasteiger partial charge >= 0.3 is 0 Å². The second-order valence-corrected chi connectivity index (χ2v) is 5.48. The van der Waals surface area contributed by atoms with Gasteiger partial charge in [0.25, 0.3) is 0 Å². The minimum atomic E-state index is 0.179. The van der Waals surface area contributed by atoms with Gasteiger partial charge in [-0.2, -0.15) is 0 Å². The van der Waals surface area contributed by atoms with Crippen LogP contribution in [0.4, 0.5) is 0 Å². The van der Waals surface area contributed by atoms with Gasteiger partial charge in [0.15, 0.2) is 0 Å². The second-order valence-electron chi connectivity index (χ2n) is 5.48. The van der Waals surface area contributed by atoms with Gasteiger partial charge in [0.2, 0.25) is 5.91 Å². The zero-order valence-corrected chi connectivity index (χ0v) is 12.7. The molecule has 0 heterocycles. The molecule has 1 aliphatic rings. The Hall–Kier alpha value is -0.830. The number of allylic oxidation sites excluding steroid dienone is 1. The van der Waals surface area contributed by atoms with Gasteiger partial charge in [-0.05, 0) is 58.0 Å². The molecule has 0 radical (unpaired) electrons. The summed E-state index contributed by atoms with van der Waals surface area (Å²) in [6, 6.07) is 0. The van der Waals surface area contributed by atoms with E-state index < -0.39 is 0 Å². The molecule has 0 spiro atoms. The van der Waals surface area contributed by atoms with Crippen LogP contribution in [0.15, 0.2) is 11.6 Å². The van der Waals surface area contributed by atoms with E-state index in [1.54, 1.807) is 0 Å².